The molecule has 2 aliphatic rings. The number of carboxylic acids is 1. The third-order valence-corrected chi connectivity index (χ3v) is 7.26. The number of aliphatic carboxylic acids is 1. The molecule has 7 heteroatoms. The van der Waals surface area contributed by atoms with Crippen LogP contribution < -0.4 is 0 Å². The molecule has 1 N–H and O–H groups in total. The summed E-state index contributed by atoms with van der Waals surface area (Å²) < 4.78 is 18.0. The smallest absolute Gasteiger partial charge is 0.303 e. The highest BCUT2D eigenvalue weighted by Gasteiger charge is 2.45. The van der Waals surface area contributed by atoms with Crippen LogP contribution >= 0.6 is 0 Å². The molecule has 0 bridgehead atoms. The van der Waals surface area contributed by atoms with E-state index in [1.807, 2.05) is 6.08 Å². The molecule has 0 spiro atoms. The van der Waals surface area contributed by atoms with Gasteiger partial charge in [0.25, 0.3) is 0 Å². The minimum absolute atomic E-state index is 0.0384. The number of ether oxygens (including phenoxy) is 3. The van der Waals surface area contributed by atoms with Gasteiger partial charge in [-0.05, 0) is 71.3 Å². The molecule has 210 valence electrons. The number of carboxylic acid groups (broad SMARTS) is 1. The Hall–Kier alpha value is -1.99. The largest absolute Gasteiger partial charge is 0.481 e. The maximum absolute atomic E-state index is 12.6. The summed E-state index contributed by atoms with van der Waals surface area (Å²) in [5.74, 6) is -0.931. The van der Waals surface area contributed by atoms with Crippen LogP contribution in [0.15, 0.2) is 23.8 Å². The highest BCUT2D eigenvalue weighted by molar-refractivity contribution is 5.89. The van der Waals surface area contributed by atoms with Crippen molar-refractivity contribution < 1.29 is 33.7 Å². The molecular formula is C30H48O7. The van der Waals surface area contributed by atoms with Crippen molar-refractivity contribution in [3.63, 3.8) is 0 Å². The topological polar surface area (TPSA) is 99.1 Å². The van der Waals surface area contributed by atoms with Gasteiger partial charge in [-0.2, -0.15) is 0 Å². The summed E-state index contributed by atoms with van der Waals surface area (Å²) in [5.41, 5.74) is 1.30. The van der Waals surface area contributed by atoms with Crippen molar-refractivity contribution in [2.24, 2.45) is 11.8 Å². The molecule has 0 aromatic rings. The van der Waals surface area contributed by atoms with Crippen LogP contribution in [0.2, 0.25) is 0 Å². The summed E-state index contributed by atoms with van der Waals surface area (Å²) in [6, 6.07) is 0. The minimum atomic E-state index is -0.762. The lowest BCUT2D eigenvalue weighted by Crippen LogP contribution is -2.30. The van der Waals surface area contributed by atoms with Gasteiger partial charge >= 0.3 is 11.9 Å². The summed E-state index contributed by atoms with van der Waals surface area (Å²) >= 11 is 0. The van der Waals surface area contributed by atoms with Crippen LogP contribution in [-0.4, -0.2) is 47.9 Å². The monoisotopic (exact) mass is 520 g/mol. The second kappa shape index (κ2) is 17.5. The number of hydrogen-bond acceptors (Lipinski definition) is 6. The molecule has 1 unspecified atom stereocenters. The average molecular weight is 521 g/mol. The third-order valence-electron chi connectivity index (χ3n) is 7.26. The van der Waals surface area contributed by atoms with Crippen molar-refractivity contribution in [3.05, 3.63) is 23.8 Å². The van der Waals surface area contributed by atoms with E-state index < -0.39 is 5.97 Å². The van der Waals surface area contributed by atoms with Gasteiger partial charge in [-0.15, -0.1) is 0 Å². The molecule has 2 rings (SSSR count). The van der Waals surface area contributed by atoms with Crippen molar-refractivity contribution in [2.75, 3.05) is 6.61 Å². The first-order chi connectivity index (χ1) is 17.8. The van der Waals surface area contributed by atoms with Crippen LogP contribution in [0.3, 0.4) is 0 Å². The van der Waals surface area contributed by atoms with Crippen molar-refractivity contribution >= 4 is 17.7 Å². The van der Waals surface area contributed by atoms with Gasteiger partial charge in [0.15, 0.2) is 12.1 Å². The average Bonchev–Trinajstić information content (AvgIpc) is 3.14. The first kappa shape index (κ1) is 31.2. The Labute approximate surface area is 223 Å². The maximum Gasteiger partial charge on any atom is 0.303 e. The quantitative estimate of drug-likeness (QED) is 0.101. The Kier molecular flexibility index (Phi) is 14.8. The van der Waals surface area contributed by atoms with Crippen LogP contribution in [0.4, 0.5) is 0 Å². The van der Waals surface area contributed by atoms with Crippen molar-refractivity contribution in [1.29, 1.82) is 0 Å². The van der Waals surface area contributed by atoms with E-state index in [0.717, 1.165) is 64.2 Å². The van der Waals surface area contributed by atoms with E-state index in [2.05, 4.69) is 19.9 Å². The molecule has 0 aromatic carbocycles. The summed E-state index contributed by atoms with van der Waals surface area (Å²) in [6.45, 7) is 6.30. The number of esters is 1. The Morgan fingerprint density at radius 3 is 2.38 bits per heavy atom. The zero-order valence-corrected chi connectivity index (χ0v) is 23.1. The number of hydrogen-bond donors (Lipinski definition) is 1. The second-order valence-electron chi connectivity index (χ2n) is 10.8. The summed E-state index contributed by atoms with van der Waals surface area (Å²) in [4.78, 5) is 35.3. The molecule has 5 atom stereocenters. The van der Waals surface area contributed by atoms with Gasteiger partial charge < -0.3 is 19.3 Å². The predicted molar refractivity (Wildman–Crippen MR) is 143 cm³/mol. The van der Waals surface area contributed by atoms with Crippen LogP contribution in [-0.2, 0) is 28.6 Å². The normalized spacial score (nSPS) is 25.8. The lowest BCUT2D eigenvalue weighted by molar-refractivity contribution is -0.193. The number of carbonyl (C=O) groups is 3. The standard InChI is InChI=1S/C30H48O7/c1-22(2)13-7-6-8-14-24(32)18-19-26-25(15-9-4-5-10-16-29(33)34)27(36-23(3)31)21-28(26)37-30-17-11-12-20-35-30/h13,18-19,25-28,30H,4-12,14-17,20-21H2,1-3H3,(H,33,34)/b19-18+/t25-,26-,27-,28+,30?/m1/s1. The molecule has 1 saturated heterocycles. The maximum atomic E-state index is 12.6. The molecule has 7 nitrogen and oxygen atoms in total. The molecule has 1 heterocycles. The Balaban J connectivity index is 2.03. The first-order valence-electron chi connectivity index (χ1n) is 14.3. The highest BCUT2D eigenvalue weighted by Crippen LogP contribution is 2.41. The lowest BCUT2D eigenvalue weighted by Gasteiger charge is -2.29. The fraction of sp³-hybridized carbons (Fsp3) is 0.767. The van der Waals surface area contributed by atoms with Crippen LogP contribution in [0.25, 0.3) is 0 Å². The van der Waals surface area contributed by atoms with Crippen LogP contribution in [0.5, 0.6) is 0 Å². The van der Waals surface area contributed by atoms with Crippen LogP contribution in [0.1, 0.15) is 111 Å². The SMILES string of the molecule is CC(=O)O[C@@H]1C[C@H](OC2CCCCO2)[C@H](/C=C/C(=O)CCCCC=C(C)C)[C@H]1CCCCCCC(=O)O. The van der Waals surface area contributed by atoms with Crippen LogP contribution in [0, 0.1) is 11.8 Å². The molecule has 0 aromatic heterocycles. The molecule has 1 saturated carbocycles. The molecule has 0 amide bonds. The Bertz CT molecular complexity index is 762. The van der Waals surface area contributed by atoms with Gasteiger partial charge in [-0.1, -0.05) is 37.0 Å². The zero-order valence-electron chi connectivity index (χ0n) is 23.1. The number of carbonyl (C=O) groups excluding carboxylic acids is 2. The number of ketones is 1. The number of unbranched alkanes of at least 4 members (excludes halogenated alkanes) is 5. The van der Waals surface area contributed by atoms with Gasteiger partial charge in [0, 0.05) is 44.6 Å². The van der Waals surface area contributed by atoms with Crippen molar-refractivity contribution in [3.8, 4) is 0 Å². The molecule has 1 aliphatic heterocycles. The van der Waals surface area contributed by atoms with E-state index in [1.54, 1.807) is 6.08 Å². The van der Waals surface area contributed by atoms with E-state index in [1.165, 1.54) is 12.5 Å². The van der Waals surface area contributed by atoms with E-state index in [0.29, 0.717) is 25.9 Å². The second-order valence-corrected chi connectivity index (χ2v) is 10.8. The fourth-order valence-corrected chi connectivity index (χ4v) is 5.38. The van der Waals surface area contributed by atoms with E-state index in [-0.39, 0.29) is 48.5 Å². The zero-order chi connectivity index (χ0) is 27.0. The molecule has 1 aliphatic carbocycles. The van der Waals surface area contributed by atoms with Gasteiger partial charge in [-0.25, -0.2) is 0 Å². The number of rotatable bonds is 17. The van der Waals surface area contributed by atoms with E-state index >= 15 is 0 Å². The minimum Gasteiger partial charge on any atom is -0.481 e. The Morgan fingerprint density at radius 2 is 1.70 bits per heavy atom. The highest BCUT2D eigenvalue weighted by atomic mass is 16.7. The van der Waals surface area contributed by atoms with Gasteiger partial charge in [0.2, 0.25) is 0 Å². The van der Waals surface area contributed by atoms with E-state index in [9.17, 15) is 14.4 Å². The third kappa shape index (κ3) is 12.9. The summed E-state index contributed by atoms with van der Waals surface area (Å²) in [5, 5.41) is 8.86. The molecule has 2 fully saturated rings. The fourth-order valence-electron chi connectivity index (χ4n) is 5.38. The first-order valence-corrected chi connectivity index (χ1v) is 14.3. The predicted octanol–water partition coefficient (Wildman–Crippen LogP) is 6.54. The van der Waals surface area contributed by atoms with E-state index in [4.69, 9.17) is 19.3 Å². The summed E-state index contributed by atoms with van der Waals surface area (Å²) in [6.07, 6.45) is 16.5. The molecular weight excluding hydrogens is 472 g/mol. The lowest BCUT2D eigenvalue weighted by atomic mass is 9.87. The Morgan fingerprint density at radius 1 is 0.946 bits per heavy atom. The van der Waals surface area contributed by atoms with Crippen molar-refractivity contribution in [1.82, 2.24) is 0 Å². The summed E-state index contributed by atoms with van der Waals surface area (Å²) in [7, 11) is 0. The number of allylic oxidation sites excluding steroid dienone is 3. The van der Waals surface area contributed by atoms with Gasteiger partial charge in [0.1, 0.15) is 6.10 Å². The van der Waals surface area contributed by atoms with Crippen molar-refractivity contribution in [2.45, 2.75) is 129 Å². The van der Waals surface area contributed by atoms with Gasteiger partial charge in [0.05, 0.1) is 6.10 Å². The molecule has 37 heavy (non-hydrogen) atoms. The van der Waals surface area contributed by atoms with Gasteiger partial charge in [-0.3, -0.25) is 14.4 Å². The molecule has 0 radical (unpaired) electrons.